The number of hydrogen-bond donors (Lipinski definition) is 1. The number of carbonyl (C=O) groups excluding carboxylic acids is 1. The molecule has 0 radical (unpaired) electrons. The number of amides is 1. The molecule has 0 saturated carbocycles. The summed E-state index contributed by atoms with van der Waals surface area (Å²) < 4.78 is 0. The summed E-state index contributed by atoms with van der Waals surface area (Å²) in [4.78, 5) is 20.1. The summed E-state index contributed by atoms with van der Waals surface area (Å²) in [6, 6.07) is 6.60. The van der Waals surface area contributed by atoms with Crippen molar-refractivity contribution < 1.29 is 4.79 Å². The normalized spacial score (nSPS) is 26.0. The van der Waals surface area contributed by atoms with E-state index in [-0.39, 0.29) is 6.04 Å². The van der Waals surface area contributed by atoms with Gasteiger partial charge in [-0.2, -0.15) is 0 Å². The van der Waals surface area contributed by atoms with E-state index in [1.165, 1.54) is 29.7 Å². The molecule has 3 saturated heterocycles. The molecule has 0 aliphatic carbocycles. The molecule has 5 nitrogen and oxygen atoms in total. The number of nitrogens with one attached hydrogen (secondary N) is 1. The van der Waals surface area contributed by atoms with Crippen LogP contribution < -0.4 is 10.2 Å². The summed E-state index contributed by atoms with van der Waals surface area (Å²) in [6.07, 6.45) is 3.46. The number of aryl methyl sites for hydroxylation is 1. The fourth-order valence-electron chi connectivity index (χ4n) is 5.32. The van der Waals surface area contributed by atoms with Crippen LogP contribution in [-0.2, 0) is 4.79 Å². The van der Waals surface area contributed by atoms with Crippen molar-refractivity contribution in [3.05, 3.63) is 29.3 Å². The number of piperidine rings is 1. The van der Waals surface area contributed by atoms with Gasteiger partial charge in [0, 0.05) is 38.4 Å². The first-order valence-corrected chi connectivity index (χ1v) is 10.5. The number of carbonyl (C=O) groups is 1. The van der Waals surface area contributed by atoms with Gasteiger partial charge in [0.05, 0.1) is 6.04 Å². The highest BCUT2D eigenvalue weighted by Gasteiger charge is 2.46. The zero-order chi connectivity index (χ0) is 19.0. The van der Waals surface area contributed by atoms with Gasteiger partial charge in [0.1, 0.15) is 0 Å². The summed E-state index contributed by atoms with van der Waals surface area (Å²) in [5.41, 5.74) is 4.39. The summed E-state index contributed by atoms with van der Waals surface area (Å²) in [6.45, 7) is 11.2. The van der Waals surface area contributed by atoms with Crippen molar-refractivity contribution >= 4 is 11.6 Å². The van der Waals surface area contributed by atoms with Crippen molar-refractivity contribution in [2.45, 2.75) is 39.2 Å². The molecule has 3 heterocycles. The monoisotopic (exact) mass is 370 g/mol. The number of benzene rings is 1. The van der Waals surface area contributed by atoms with Gasteiger partial charge >= 0.3 is 0 Å². The number of rotatable bonds is 2. The van der Waals surface area contributed by atoms with Crippen molar-refractivity contribution in [2.75, 3.05) is 57.8 Å². The highest BCUT2D eigenvalue weighted by atomic mass is 16.2. The number of likely N-dealkylation sites (tertiary alicyclic amines) is 1. The van der Waals surface area contributed by atoms with Gasteiger partial charge in [-0.25, -0.2) is 0 Å². The standard InChI is InChI=1S/C22H34N4O/c1-17-5-4-6-19(18(17)2)25-11-13-26(14-12-25)21(27)20-15-22(16-24(20)3)7-9-23-10-8-22/h4-6,20,23H,7-16H2,1-3H3/t20-/m1/s1. The van der Waals surface area contributed by atoms with E-state index in [1.54, 1.807) is 0 Å². The Bertz CT molecular complexity index is 690. The van der Waals surface area contributed by atoms with Gasteiger partial charge in [-0.05, 0) is 75.9 Å². The van der Waals surface area contributed by atoms with Crippen LogP contribution in [0.5, 0.6) is 0 Å². The highest BCUT2D eigenvalue weighted by Crippen LogP contribution is 2.41. The molecule has 1 spiro atoms. The Labute approximate surface area is 163 Å². The lowest BCUT2D eigenvalue weighted by molar-refractivity contribution is -0.135. The van der Waals surface area contributed by atoms with Crippen LogP contribution >= 0.6 is 0 Å². The van der Waals surface area contributed by atoms with Crippen molar-refractivity contribution in [2.24, 2.45) is 5.41 Å². The van der Waals surface area contributed by atoms with Gasteiger partial charge < -0.3 is 15.1 Å². The first-order valence-electron chi connectivity index (χ1n) is 10.5. The molecule has 1 atom stereocenters. The molecule has 1 amide bonds. The topological polar surface area (TPSA) is 38.8 Å². The zero-order valence-corrected chi connectivity index (χ0v) is 17.1. The molecule has 0 bridgehead atoms. The fourth-order valence-corrected chi connectivity index (χ4v) is 5.32. The first kappa shape index (κ1) is 18.8. The van der Waals surface area contributed by atoms with Crippen LogP contribution in [0.2, 0.25) is 0 Å². The number of likely N-dealkylation sites (N-methyl/N-ethyl adjacent to an activating group) is 1. The molecule has 5 heteroatoms. The molecule has 3 aliphatic heterocycles. The van der Waals surface area contributed by atoms with E-state index in [1.807, 2.05) is 0 Å². The lowest BCUT2D eigenvalue weighted by Gasteiger charge is -2.38. The highest BCUT2D eigenvalue weighted by molar-refractivity contribution is 5.82. The third kappa shape index (κ3) is 3.59. The van der Waals surface area contributed by atoms with Crippen LogP contribution in [0, 0.1) is 19.3 Å². The minimum atomic E-state index is 0.0790. The van der Waals surface area contributed by atoms with E-state index >= 15 is 0 Å². The molecular weight excluding hydrogens is 336 g/mol. The van der Waals surface area contributed by atoms with Crippen molar-refractivity contribution in [1.29, 1.82) is 0 Å². The third-order valence-corrected chi connectivity index (χ3v) is 7.20. The molecular formula is C22H34N4O. The Morgan fingerprint density at radius 3 is 2.52 bits per heavy atom. The maximum atomic E-state index is 13.3. The Hall–Kier alpha value is -1.59. The van der Waals surface area contributed by atoms with Gasteiger partial charge in [-0.3, -0.25) is 9.69 Å². The van der Waals surface area contributed by atoms with Gasteiger partial charge in [0.15, 0.2) is 0 Å². The van der Waals surface area contributed by atoms with Crippen LogP contribution in [0.1, 0.15) is 30.4 Å². The van der Waals surface area contributed by atoms with Crippen molar-refractivity contribution in [1.82, 2.24) is 15.1 Å². The Morgan fingerprint density at radius 1 is 1.11 bits per heavy atom. The number of anilines is 1. The Morgan fingerprint density at radius 2 is 1.81 bits per heavy atom. The number of hydrogen-bond acceptors (Lipinski definition) is 4. The molecule has 1 N–H and O–H groups in total. The molecule has 27 heavy (non-hydrogen) atoms. The average Bonchev–Trinajstić information content (AvgIpc) is 2.99. The van der Waals surface area contributed by atoms with E-state index < -0.39 is 0 Å². The summed E-state index contributed by atoms with van der Waals surface area (Å²) in [5.74, 6) is 0.355. The summed E-state index contributed by atoms with van der Waals surface area (Å²) in [5, 5.41) is 3.47. The quantitative estimate of drug-likeness (QED) is 0.865. The van der Waals surface area contributed by atoms with E-state index in [2.05, 4.69) is 59.1 Å². The average molecular weight is 371 g/mol. The molecule has 0 unspecified atom stereocenters. The molecule has 1 aromatic carbocycles. The minimum Gasteiger partial charge on any atom is -0.368 e. The molecule has 4 rings (SSSR count). The van der Waals surface area contributed by atoms with Crippen LogP contribution in [0.25, 0.3) is 0 Å². The predicted octanol–water partition coefficient (Wildman–Crippen LogP) is 2.03. The van der Waals surface area contributed by atoms with Gasteiger partial charge in [-0.1, -0.05) is 12.1 Å². The second-order valence-electron chi connectivity index (χ2n) is 8.92. The van der Waals surface area contributed by atoms with Gasteiger partial charge in [-0.15, -0.1) is 0 Å². The number of nitrogens with zero attached hydrogens (tertiary/aromatic N) is 3. The molecule has 3 fully saturated rings. The van der Waals surface area contributed by atoms with E-state index in [0.29, 0.717) is 11.3 Å². The fraction of sp³-hybridized carbons (Fsp3) is 0.682. The lowest BCUT2D eigenvalue weighted by Crippen LogP contribution is -2.53. The van der Waals surface area contributed by atoms with Crippen LogP contribution in [0.4, 0.5) is 5.69 Å². The summed E-state index contributed by atoms with van der Waals surface area (Å²) in [7, 11) is 2.14. The molecule has 148 valence electrons. The summed E-state index contributed by atoms with van der Waals surface area (Å²) >= 11 is 0. The van der Waals surface area contributed by atoms with Crippen LogP contribution in [-0.4, -0.2) is 74.6 Å². The van der Waals surface area contributed by atoms with E-state index in [0.717, 1.165) is 52.2 Å². The maximum absolute atomic E-state index is 13.3. The first-order chi connectivity index (χ1) is 13.0. The largest absolute Gasteiger partial charge is 0.368 e. The van der Waals surface area contributed by atoms with Crippen molar-refractivity contribution in [3.63, 3.8) is 0 Å². The predicted molar refractivity (Wildman–Crippen MR) is 110 cm³/mol. The van der Waals surface area contributed by atoms with Crippen LogP contribution in [0.3, 0.4) is 0 Å². The second-order valence-corrected chi connectivity index (χ2v) is 8.92. The van der Waals surface area contributed by atoms with Gasteiger partial charge in [0.2, 0.25) is 5.91 Å². The Balaban J connectivity index is 1.38. The number of piperazine rings is 1. The maximum Gasteiger partial charge on any atom is 0.240 e. The second kappa shape index (κ2) is 7.44. The zero-order valence-electron chi connectivity index (χ0n) is 17.1. The van der Waals surface area contributed by atoms with E-state index in [9.17, 15) is 4.79 Å². The minimum absolute atomic E-state index is 0.0790. The van der Waals surface area contributed by atoms with Crippen LogP contribution in [0.15, 0.2) is 18.2 Å². The molecule has 3 aliphatic rings. The lowest BCUT2D eigenvalue weighted by atomic mass is 9.77. The van der Waals surface area contributed by atoms with Gasteiger partial charge in [0.25, 0.3) is 0 Å². The molecule has 0 aromatic heterocycles. The smallest absolute Gasteiger partial charge is 0.240 e. The van der Waals surface area contributed by atoms with E-state index in [4.69, 9.17) is 0 Å². The molecule has 1 aromatic rings. The Kier molecular flexibility index (Phi) is 5.17. The SMILES string of the molecule is Cc1cccc(N2CCN(C(=O)[C@H]3CC4(CCNCC4)CN3C)CC2)c1C. The van der Waals surface area contributed by atoms with Crippen molar-refractivity contribution in [3.8, 4) is 0 Å². The third-order valence-electron chi connectivity index (χ3n) is 7.20.